The van der Waals surface area contributed by atoms with Gasteiger partial charge in [0.2, 0.25) is 0 Å². The second-order valence-electron chi connectivity index (χ2n) is 8.56. The highest BCUT2D eigenvalue weighted by Gasteiger charge is 2.23. The molecule has 0 spiro atoms. The van der Waals surface area contributed by atoms with Gasteiger partial charge in [-0.3, -0.25) is 9.89 Å². The van der Waals surface area contributed by atoms with Crippen LogP contribution in [0.5, 0.6) is 5.75 Å². The third-order valence-electron chi connectivity index (χ3n) is 6.48. The fraction of sp³-hybridized carbons (Fsp3) is 0.708. The van der Waals surface area contributed by atoms with Crippen molar-refractivity contribution in [2.45, 2.75) is 32.2 Å². The highest BCUT2D eigenvalue weighted by Crippen LogP contribution is 2.23. The predicted molar refractivity (Wildman–Crippen MR) is 127 cm³/mol. The quantitative estimate of drug-likeness (QED) is 0.462. The zero-order chi connectivity index (χ0) is 21.9. The van der Waals surface area contributed by atoms with E-state index in [0.29, 0.717) is 0 Å². The van der Waals surface area contributed by atoms with Gasteiger partial charge in [0.15, 0.2) is 5.96 Å². The van der Waals surface area contributed by atoms with Gasteiger partial charge in [-0.15, -0.1) is 0 Å². The average Bonchev–Trinajstić information content (AvgIpc) is 2.83. The van der Waals surface area contributed by atoms with Crippen LogP contribution in [0.25, 0.3) is 0 Å². The monoisotopic (exact) mass is 431 g/mol. The Morgan fingerprint density at radius 3 is 2.45 bits per heavy atom. The molecule has 2 aliphatic heterocycles. The van der Waals surface area contributed by atoms with Crippen molar-refractivity contribution >= 4 is 5.96 Å². The first kappa shape index (κ1) is 23.8. The number of methoxy groups -OCH3 is 1. The fourth-order valence-electron chi connectivity index (χ4n) is 4.56. The number of hydrogen-bond donors (Lipinski definition) is 2. The molecule has 1 unspecified atom stereocenters. The molecular formula is C24H41N5O2. The molecule has 2 heterocycles. The molecule has 0 aliphatic carbocycles. The number of rotatable bonds is 9. The number of aliphatic imine (C=N–C) groups is 1. The first-order valence-electron chi connectivity index (χ1n) is 11.9. The number of guanidine groups is 1. The molecule has 7 nitrogen and oxygen atoms in total. The molecule has 3 rings (SSSR count). The van der Waals surface area contributed by atoms with Gasteiger partial charge in [0.25, 0.3) is 0 Å². The van der Waals surface area contributed by atoms with Crippen molar-refractivity contribution in [2.75, 3.05) is 73.2 Å². The topological polar surface area (TPSA) is 61.4 Å². The molecule has 7 heteroatoms. The van der Waals surface area contributed by atoms with E-state index in [1.807, 2.05) is 19.2 Å². The highest BCUT2D eigenvalue weighted by molar-refractivity contribution is 5.79. The van der Waals surface area contributed by atoms with Crippen molar-refractivity contribution in [3.8, 4) is 5.75 Å². The molecule has 0 amide bonds. The number of morpholine rings is 1. The number of nitrogens with one attached hydrogen (secondary N) is 2. The smallest absolute Gasteiger partial charge is 0.191 e. The van der Waals surface area contributed by atoms with E-state index in [9.17, 15) is 0 Å². The standard InChI is InChI=1S/C24H41N5O2/c1-4-11-28-12-9-20(10-13-28)18-26-24(25-2)27-19-23(29-14-16-31-17-15-29)21-5-7-22(30-3)8-6-21/h5-8,20,23H,4,9-19H2,1-3H3,(H2,25,26,27). The van der Waals surface area contributed by atoms with E-state index in [4.69, 9.17) is 9.47 Å². The number of nitrogens with zero attached hydrogens (tertiary/aromatic N) is 3. The van der Waals surface area contributed by atoms with Crippen LogP contribution in [-0.4, -0.2) is 88.9 Å². The molecule has 174 valence electrons. The second-order valence-corrected chi connectivity index (χ2v) is 8.56. The Morgan fingerprint density at radius 1 is 1.13 bits per heavy atom. The molecule has 1 aromatic carbocycles. The first-order chi connectivity index (χ1) is 15.2. The van der Waals surface area contributed by atoms with Crippen LogP contribution in [0.2, 0.25) is 0 Å². The first-order valence-corrected chi connectivity index (χ1v) is 11.9. The van der Waals surface area contributed by atoms with Crippen molar-refractivity contribution in [1.29, 1.82) is 0 Å². The SMILES string of the molecule is CCCN1CCC(CNC(=NC)NCC(c2ccc(OC)cc2)N2CCOCC2)CC1. The lowest BCUT2D eigenvalue weighted by atomic mass is 9.97. The molecule has 2 aliphatic rings. The zero-order valence-corrected chi connectivity index (χ0v) is 19.6. The normalized spacial score (nSPS) is 20.4. The summed E-state index contributed by atoms with van der Waals surface area (Å²) in [6, 6.07) is 8.69. The van der Waals surface area contributed by atoms with Crippen molar-refractivity contribution < 1.29 is 9.47 Å². The van der Waals surface area contributed by atoms with Gasteiger partial charge in [-0.05, 0) is 62.5 Å². The number of hydrogen-bond acceptors (Lipinski definition) is 5. The summed E-state index contributed by atoms with van der Waals surface area (Å²) in [5.41, 5.74) is 1.29. The number of piperidine rings is 1. The summed E-state index contributed by atoms with van der Waals surface area (Å²) in [5.74, 6) is 2.51. The molecular weight excluding hydrogens is 390 g/mol. The van der Waals surface area contributed by atoms with Crippen LogP contribution in [0.3, 0.4) is 0 Å². The maximum atomic E-state index is 5.58. The van der Waals surface area contributed by atoms with Crippen LogP contribution in [0.4, 0.5) is 0 Å². The molecule has 0 aromatic heterocycles. The fourth-order valence-corrected chi connectivity index (χ4v) is 4.56. The zero-order valence-electron chi connectivity index (χ0n) is 19.6. The van der Waals surface area contributed by atoms with Gasteiger partial charge in [-0.25, -0.2) is 0 Å². The van der Waals surface area contributed by atoms with Crippen molar-refractivity contribution in [2.24, 2.45) is 10.9 Å². The summed E-state index contributed by atoms with van der Waals surface area (Å²) < 4.78 is 10.9. The van der Waals surface area contributed by atoms with E-state index in [0.717, 1.165) is 57.0 Å². The van der Waals surface area contributed by atoms with Gasteiger partial charge >= 0.3 is 0 Å². The number of likely N-dealkylation sites (tertiary alicyclic amines) is 1. The Labute approximate surface area is 188 Å². The van der Waals surface area contributed by atoms with Gasteiger partial charge in [0.05, 0.1) is 26.4 Å². The maximum Gasteiger partial charge on any atom is 0.191 e. The number of ether oxygens (including phenoxy) is 2. The lowest BCUT2D eigenvalue weighted by Crippen LogP contribution is -2.47. The van der Waals surface area contributed by atoms with Crippen LogP contribution in [0.1, 0.15) is 37.8 Å². The van der Waals surface area contributed by atoms with E-state index < -0.39 is 0 Å². The summed E-state index contributed by atoms with van der Waals surface area (Å²) in [6.07, 6.45) is 3.79. The third kappa shape index (κ3) is 7.37. The summed E-state index contributed by atoms with van der Waals surface area (Å²) >= 11 is 0. The lowest BCUT2D eigenvalue weighted by molar-refractivity contribution is 0.0170. The molecule has 0 radical (unpaired) electrons. The molecule has 0 bridgehead atoms. The Balaban J connectivity index is 1.52. The van der Waals surface area contributed by atoms with Gasteiger partial charge in [0.1, 0.15) is 5.75 Å². The van der Waals surface area contributed by atoms with Crippen LogP contribution in [0.15, 0.2) is 29.3 Å². The molecule has 0 saturated carbocycles. The number of benzene rings is 1. The molecule has 31 heavy (non-hydrogen) atoms. The van der Waals surface area contributed by atoms with Crippen LogP contribution in [0, 0.1) is 5.92 Å². The van der Waals surface area contributed by atoms with E-state index in [2.05, 4.69) is 44.5 Å². The van der Waals surface area contributed by atoms with E-state index in [1.165, 1.54) is 44.5 Å². The van der Waals surface area contributed by atoms with Gasteiger partial charge in [-0.2, -0.15) is 0 Å². The second kappa shape index (κ2) is 12.9. The van der Waals surface area contributed by atoms with Crippen LogP contribution < -0.4 is 15.4 Å². The summed E-state index contributed by atoms with van der Waals surface area (Å²) in [7, 11) is 3.57. The molecule has 2 fully saturated rings. The van der Waals surface area contributed by atoms with Gasteiger partial charge in [-0.1, -0.05) is 19.1 Å². The van der Waals surface area contributed by atoms with Crippen LogP contribution in [-0.2, 0) is 4.74 Å². The summed E-state index contributed by atoms with van der Waals surface area (Å²) in [6.45, 7) is 11.2. The van der Waals surface area contributed by atoms with E-state index in [1.54, 1.807) is 7.11 Å². The largest absolute Gasteiger partial charge is 0.497 e. The maximum absolute atomic E-state index is 5.58. The Bertz CT molecular complexity index is 652. The minimum atomic E-state index is 0.269. The van der Waals surface area contributed by atoms with Crippen molar-refractivity contribution in [1.82, 2.24) is 20.4 Å². The molecule has 1 aromatic rings. The van der Waals surface area contributed by atoms with Gasteiger partial charge in [0, 0.05) is 33.2 Å². The van der Waals surface area contributed by atoms with Crippen molar-refractivity contribution in [3.05, 3.63) is 29.8 Å². The molecule has 2 saturated heterocycles. The van der Waals surface area contributed by atoms with E-state index in [-0.39, 0.29) is 6.04 Å². The van der Waals surface area contributed by atoms with E-state index >= 15 is 0 Å². The van der Waals surface area contributed by atoms with Crippen molar-refractivity contribution in [3.63, 3.8) is 0 Å². The molecule has 2 N–H and O–H groups in total. The van der Waals surface area contributed by atoms with Gasteiger partial charge < -0.3 is 25.0 Å². The Kier molecular flexibility index (Phi) is 9.90. The minimum Gasteiger partial charge on any atom is -0.497 e. The minimum absolute atomic E-state index is 0.269. The van der Waals surface area contributed by atoms with Crippen LogP contribution >= 0.6 is 0 Å². The Hall–Kier alpha value is -1.83. The highest BCUT2D eigenvalue weighted by atomic mass is 16.5. The Morgan fingerprint density at radius 2 is 1.84 bits per heavy atom. The lowest BCUT2D eigenvalue weighted by Gasteiger charge is -2.35. The predicted octanol–water partition coefficient (Wildman–Crippen LogP) is 2.36. The third-order valence-corrected chi connectivity index (χ3v) is 6.48. The average molecular weight is 432 g/mol. The summed E-state index contributed by atoms with van der Waals surface area (Å²) in [5, 5.41) is 7.15. The molecule has 1 atom stereocenters. The summed E-state index contributed by atoms with van der Waals surface area (Å²) in [4.78, 5) is 9.56.